The van der Waals surface area contributed by atoms with Crippen molar-refractivity contribution < 1.29 is 23.5 Å². The number of halogens is 1. The van der Waals surface area contributed by atoms with Crippen LogP contribution in [-0.4, -0.2) is 35.7 Å². The molecule has 0 unspecified atom stereocenters. The molecule has 31 heavy (non-hydrogen) atoms. The van der Waals surface area contributed by atoms with E-state index >= 15 is 4.39 Å². The Balaban J connectivity index is 1.96. The molecule has 1 heterocycles. The number of likely N-dealkylation sites (N-methyl/N-ethyl adjacent to an activating group) is 1. The van der Waals surface area contributed by atoms with Crippen molar-refractivity contribution in [2.24, 2.45) is 5.16 Å². The van der Waals surface area contributed by atoms with Crippen molar-refractivity contribution in [1.29, 1.82) is 0 Å². The summed E-state index contributed by atoms with van der Waals surface area (Å²) in [6.07, 6.45) is 1.13. The van der Waals surface area contributed by atoms with E-state index in [1.807, 2.05) is 19.9 Å². The van der Waals surface area contributed by atoms with Gasteiger partial charge in [0.15, 0.2) is 5.71 Å². The second kappa shape index (κ2) is 9.66. The van der Waals surface area contributed by atoms with Crippen LogP contribution in [0.3, 0.4) is 0 Å². The molecule has 3 rings (SSSR count). The van der Waals surface area contributed by atoms with E-state index in [0.717, 1.165) is 17.5 Å². The van der Waals surface area contributed by atoms with Crippen LogP contribution in [0.4, 0.5) is 4.39 Å². The van der Waals surface area contributed by atoms with Crippen LogP contribution >= 0.6 is 0 Å². The fourth-order valence-corrected chi connectivity index (χ4v) is 2.70. The summed E-state index contributed by atoms with van der Waals surface area (Å²) < 4.78 is 26.4. The van der Waals surface area contributed by atoms with Crippen LogP contribution in [0.5, 0.6) is 23.3 Å². The summed E-state index contributed by atoms with van der Waals surface area (Å²) in [4.78, 5) is 24.7. The third kappa shape index (κ3) is 4.77. The number of oxime groups is 1. The molecule has 2 aromatic carbocycles. The first-order valence-electron chi connectivity index (χ1n) is 9.31. The quantitative estimate of drug-likeness (QED) is 0.456. The minimum Gasteiger partial charge on any atom is -0.436 e. The monoisotopic (exact) mass is 424 g/mol. The molecular weight excluding hydrogens is 403 g/mol. The van der Waals surface area contributed by atoms with Gasteiger partial charge in [-0.25, -0.2) is 0 Å². The van der Waals surface area contributed by atoms with Gasteiger partial charge in [-0.1, -0.05) is 29.4 Å². The summed E-state index contributed by atoms with van der Waals surface area (Å²) >= 11 is 0. The number of carbonyl (C=O) groups is 1. The minimum absolute atomic E-state index is 0.0399. The van der Waals surface area contributed by atoms with Gasteiger partial charge < -0.3 is 19.6 Å². The molecule has 1 N–H and O–H groups in total. The Kier molecular flexibility index (Phi) is 6.76. The number of aromatic nitrogens is 2. The van der Waals surface area contributed by atoms with Crippen LogP contribution in [0.25, 0.3) is 0 Å². The zero-order valence-corrected chi connectivity index (χ0v) is 17.5. The van der Waals surface area contributed by atoms with Crippen molar-refractivity contribution >= 4 is 11.6 Å². The second-order valence-electron chi connectivity index (χ2n) is 6.40. The topological polar surface area (TPSA) is 94.9 Å². The van der Waals surface area contributed by atoms with Gasteiger partial charge in [0.2, 0.25) is 5.82 Å². The van der Waals surface area contributed by atoms with Crippen molar-refractivity contribution in [2.75, 3.05) is 14.2 Å². The molecule has 160 valence electrons. The summed E-state index contributed by atoms with van der Waals surface area (Å²) in [5.41, 5.74) is 2.11. The van der Waals surface area contributed by atoms with Crippen molar-refractivity contribution in [1.82, 2.24) is 15.3 Å². The Labute approximate surface area is 178 Å². The molecule has 0 aliphatic carbocycles. The summed E-state index contributed by atoms with van der Waals surface area (Å²) in [7, 11) is 2.77. The second-order valence-corrected chi connectivity index (χ2v) is 6.40. The molecule has 0 fully saturated rings. The lowest BCUT2D eigenvalue weighted by Gasteiger charge is -2.13. The first-order chi connectivity index (χ1) is 15.0. The van der Waals surface area contributed by atoms with Crippen molar-refractivity contribution in [3.8, 4) is 23.3 Å². The van der Waals surface area contributed by atoms with Crippen LogP contribution < -0.4 is 14.8 Å². The number of nitrogens with one attached hydrogen (secondary N) is 1. The maximum atomic E-state index is 15.1. The van der Waals surface area contributed by atoms with Crippen LogP contribution in [0.2, 0.25) is 0 Å². The molecule has 9 heteroatoms. The van der Waals surface area contributed by atoms with Gasteiger partial charge in [0, 0.05) is 7.05 Å². The number of carbonyl (C=O) groups excluding carboxylic acids is 1. The van der Waals surface area contributed by atoms with E-state index in [0.29, 0.717) is 11.3 Å². The van der Waals surface area contributed by atoms with Gasteiger partial charge in [0.05, 0.1) is 5.56 Å². The zero-order valence-electron chi connectivity index (χ0n) is 17.5. The summed E-state index contributed by atoms with van der Waals surface area (Å²) in [6, 6.07) is 11.9. The highest BCUT2D eigenvalue weighted by Gasteiger charge is 2.22. The number of rotatable bonds is 7. The molecule has 3 aromatic rings. The molecule has 1 amide bonds. The molecule has 0 atom stereocenters. The predicted octanol–water partition coefficient (Wildman–Crippen LogP) is 3.91. The largest absolute Gasteiger partial charge is 0.436 e. The maximum Gasteiger partial charge on any atom is 0.273 e. The van der Waals surface area contributed by atoms with E-state index in [4.69, 9.17) is 14.3 Å². The highest BCUT2D eigenvalue weighted by molar-refractivity contribution is 6.45. The zero-order chi connectivity index (χ0) is 22.4. The first-order valence-corrected chi connectivity index (χ1v) is 9.31. The van der Waals surface area contributed by atoms with Gasteiger partial charge in [0.1, 0.15) is 24.9 Å². The normalized spacial score (nSPS) is 11.1. The highest BCUT2D eigenvalue weighted by Crippen LogP contribution is 2.32. The SMILES string of the molecule is CNC(=O)/C(=N/OC)c1ccccc1Oc1ncnc(Oc2cccc(C)c2C)c1F. The average Bonchev–Trinajstić information content (AvgIpc) is 2.78. The van der Waals surface area contributed by atoms with Gasteiger partial charge in [0.25, 0.3) is 17.7 Å². The molecule has 1 aromatic heterocycles. The fourth-order valence-electron chi connectivity index (χ4n) is 2.70. The smallest absolute Gasteiger partial charge is 0.273 e. The lowest BCUT2D eigenvalue weighted by atomic mass is 10.1. The van der Waals surface area contributed by atoms with E-state index in [-0.39, 0.29) is 23.2 Å². The molecule has 8 nitrogen and oxygen atoms in total. The van der Waals surface area contributed by atoms with Crippen LogP contribution in [0, 0.1) is 19.7 Å². The Morgan fingerprint density at radius 2 is 1.65 bits per heavy atom. The van der Waals surface area contributed by atoms with Crippen molar-refractivity contribution in [2.45, 2.75) is 13.8 Å². The molecule has 0 radical (unpaired) electrons. The maximum absolute atomic E-state index is 15.1. The molecule has 0 aliphatic rings. The number of aryl methyl sites for hydroxylation is 1. The first kappa shape index (κ1) is 21.7. The summed E-state index contributed by atoms with van der Waals surface area (Å²) in [5, 5.41) is 6.23. The standard InChI is InChI=1S/C22H21FN4O4/c1-13-8-7-11-16(14(13)2)30-21-18(23)22(26-12-25-21)31-17-10-6-5-9-15(17)19(27-29-4)20(28)24-3/h5-12H,1-4H3,(H,24,28)/b27-19+. The Morgan fingerprint density at radius 1 is 1.00 bits per heavy atom. The number of hydrogen-bond acceptors (Lipinski definition) is 7. The van der Waals surface area contributed by atoms with Gasteiger partial charge in [-0.3, -0.25) is 4.79 Å². The van der Waals surface area contributed by atoms with Crippen LogP contribution in [0.15, 0.2) is 53.9 Å². The number of ether oxygens (including phenoxy) is 2. The number of nitrogens with zero attached hydrogens (tertiary/aromatic N) is 3. The molecule has 0 aliphatic heterocycles. The third-order valence-corrected chi connectivity index (χ3v) is 4.46. The van der Waals surface area contributed by atoms with E-state index in [2.05, 4.69) is 20.4 Å². The lowest BCUT2D eigenvalue weighted by molar-refractivity contribution is -0.114. The van der Waals surface area contributed by atoms with Crippen LogP contribution in [-0.2, 0) is 9.63 Å². The Bertz CT molecular complexity index is 1130. The van der Waals surface area contributed by atoms with Gasteiger partial charge >= 0.3 is 0 Å². The molecule has 0 saturated heterocycles. The lowest BCUT2D eigenvalue weighted by Crippen LogP contribution is -2.28. The van der Waals surface area contributed by atoms with Crippen molar-refractivity contribution in [3.05, 3.63) is 71.3 Å². The van der Waals surface area contributed by atoms with E-state index in [1.165, 1.54) is 14.2 Å². The molecule has 0 spiro atoms. The number of para-hydroxylation sites is 1. The number of amides is 1. The van der Waals surface area contributed by atoms with Gasteiger partial charge in [-0.2, -0.15) is 14.4 Å². The predicted molar refractivity (Wildman–Crippen MR) is 112 cm³/mol. The number of benzene rings is 2. The van der Waals surface area contributed by atoms with E-state index < -0.39 is 11.7 Å². The van der Waals surface area contributed by atoms with Gasteiger partial charge in [-0.15, -0.1) is 0 Å². The highest BCUT2D eigenvalue weighted by atomic mass is 19.1. The molecule has 0 bridgehead atoms. The van der Waals surface area contributed by atoms with Crippen LogP contribution in [0.1, 0.15) is 16.7 Å². The Hall–Kier alpha value is -4.01. The van der Waals surface area contributed by atoms with Gasteiger partial charge in [-0.05, 0) is 43.2 Å². The fraction of sp³-hybridized carbons (Fsp3) is 0.182. The van der Waals surface area contributed by atoms with E-state index in [1.54, 1.807) is 36.4 Å². The Morgan fingerprint density at radius 3 is 2.32 bits per heavy atom. The average molecular weight is 424 g/mol. The molecular formula is C22H21FN4O4. The van der Waals surface area contributed by atoms with Crippen molar-refractivity contribution in [3.63, 3.8) is 0 Å². The molecule has 0 saturated carbocycles. The summed E-state index contributed by atoms with van der Waals surface area (Å²) in [6.45, 7) is 3.79. The summed E-state index contributed by atoms with van der Waals surface area (Å²) in [5.74, 6) is -1.41. The number of hydrogen-bond donors (Lipinski definition) is 1. The third-order valence-electron chi connectivity index (χ3n) is 4.46. The van der Waals surface area contributed by atoms with E-state index in [9.17, 15) is 4.79 Å². The minimum atomic E-state index is -0.886.